The van der Waals surface area contributed by atoms with E-state index in [1.54, 1.807) is 57.2 Å². The SMILES string of the molecule is CCOc1ccc([C@@H]2C(C(=O)OC(C)C)=C(C)N=c3s/c(=C/c4cc(Cl)ccc4OCc4ccc(C#N)cc4)c(=O)n32)cc1. The topological polar surface area (TPSA) is 103 Å². The molecule has 224 valence electrons. The lowest BCUT2D eigenvalue weighted by Crippen LogP contribution is -2.40. The zero-order valence-corrected chi connectivity index (χ0v) is 26.2. The summed E-state index contributed by atoms with van der Waals surface area (Å²) in [4.78, 5) is 32.6. The molecule has 8 nitrogen and oxygen atoms in total. The van der Waals surface area contributed by atoms with Crippen LogP contribution < -0.4 is 24.4 Å². The van der Waals surface area contributed by atoms with Crippen molar-refractivity contribution < 1.29 is 19.0 Å². The summed E-state index contributed by atoms with van der Waals surface area (Å²) < 4.78 is 19.2. The van der Waals surface area contributed by atoms with Crippen molar-refractivity contribution in [2.24, 2.45) is 4.99 Å². The number of ether oxygens (including phenoxy) is 3. The van der Waals surface area contributed by atoms with Gasteiger partial charge in [0.1, 0.15) is 18.1 Å². The minimum atomic E-state index is -0.748. The third kappa shape index (κ3) is 6.62. The number of esters is 1. The quantitative estimate of drug-likeness (QED) is 0.221. The van der Waals surface area contributed by atoms with E-state index in [1.807, 2.05) is 43.3 Å². The van der Waals surface area contributed by atoms with Gasteiger partial charge in [0, 0.05) is 10.6 Å². The maximum atomic E-state index is 14.1. The maximum Gasteiger partial charge on any atom is 0.338 e. The van der Waals surface area contributed by atoms with E-state index in [0.717, 1.165) is 11.1 Å². The standard InChI is InChI=1S/C34H30ClN3O5S/c1-5-41-27-13-10-24(11-14-27)31-30(33(40)43-20(2)3)21(4)37-34-38(31)32(39)29(44-34)17-25-16-26(35)12-15-28(25)42-19-23-8-6-22(18-36)7-9-23/h6-17,20,31H,5,19H2,1-4H3/b29-17+/t31-/m1/s1. The van der Waals surface area contributed by atoms with Crippen LogP contribution in [0.5, 0.6) is 11.5 Å². The Hall–Kier alpha value is -4.65. The predicted molar refractivity (Wildman–Crippen MR) is 170 cm³/mol. The average molecular weight is 628 g/mol. The number of aromatic nitrogens is 1. The van der Waals surface area contributed by atoms with E-state index < -0.39 is 12.0 Å². The summed E-state index contributed by atoms with van der Waals surface area (Å²) in [6.07, 6.45) is 1.38. The number of nitriles is 1. The number of thiazole rings is 1. The number of fused-ring (bicyclic) bond motifs is 1. The van der Waals surface area contributed by atoms with Crippen LogP contribution in [0.15, 0.2) is 87.8 Å². The number of hydrogen-bond acceptors (Lipinski definition) is 8. The number of hydrogen-bond donors (Lipinski definition) is 0. The lowest BCUT2D eigenvalue weighted by molar-refractivity contribution is -0.143. The fraction of sp³-hybridized carbons (Fsp3) is 0.235. The Balaban J connectivity index is 1.59. The van der Waals surface area contributed by atoms with Gasteiger partial charge in [-0.1, -0.05) is 47.2 Å². The molecular weight excluding hydrogens is 598 g/mol. The largest absolute Gasteiger partial charge is 0.494 e. The van der Waals surface area contributed by atoms with Gasteiger partial charge < -0.3 is 14.2 Å². The Kier molecular flexibility index (Phi) is 9.33. The first kappa shape index (κ1) is 30.8. The Labute approximate surface area is 263 Å². The van der Waals surface area contributed by atoms with Crippen LogP contribution in [0.3, 0.4) is 0 Å². The van der Waals surface area contributed by atoms with Crippen LogP contribution >= 0.6 is 22.9 Å². The van der Waals surface area contributed by atoms with Gasteiger partial charge >= 0.3 is 5.97 Å². The van der Waals surface area contributed by atoms with Gasteiger partial charge in [-0.05, 0) is 87.4 Å². The molecule has 1 aliphatic rings. The van der Waals surface area contributed by atoms with Crippen LogP contribution in [0, 0.1) is 11.3 Å². The van der Waals surface area contributed by atoms with E-state index in [1.165, 1.54) is 15.9 Å². The van der Waals surface area contributed by atoms with Crippen molar-refractivity contribution in [3.05, 3.63) is 125 Å². The van der Waals surface area contributed by atoms with Crippen molar-refractivity contribution >= 4 is 35.0 Å². The number of carbonyl (C=O) groups is 1. The number of rotatable bonds is 9. The second-order valence-electron chi connectivity index (χ2n) is 10.3. The van der Waals surface area contributed by atoms with Gasteiger partial charge in [-0.15, -0.1) is 0 Å². The molecule has 1 atom stereocenters. The molecule has 44 heavy (non-hydrogen) atoms. The third-order valence-corrected chi connectivity index (χ3v) is 8.05. The molecule has 0 saturated carbocycles. The van der Waals surface area contributed by atoms with Gasteiger partial charge in [0.25, 0.3) is 5.56 Å². The highest BCUT2D eigenvalue weighted by Gasteiger charge is 2.33. The number of allylic oxidation sites excluding steroid dienone is 1. The molecule has 0 saturated heterocycles. The van der Waals surface area contributed by atoms with Crippen molar-refractivity contribution in [3.8, 4) is 17.6 Å². The monoisotopic (exact) mass is 627 g/mol. The van der Waals surface area contributed by atoms with Crippen LogP contribution in [0.25, 0.3) is 6.08 Å². The van der Waals surface area contributed by atoms with Gasteiger partial charge in [0.2, 0.25) is 0 Å². The summed E-state index contributed by atoms with van der Waals surface area (Å²) in [5.41, 5.74) is 3.26. The molecule has 5 rings (SSSR count). The Morgan fingerprint density at radius 2 is 1.84 bits per heavy atom. The number of carbonyl (C=O) groups excluding carboxylic acids is 1. The van der Waals surface area contributed by atoms with Gasteiger partial charge in [0.15, 0.2) is 4.80 Å². The zero-order valence-electron chi connectivity index (χ0n) is 24.7. The van der Waals surface area contributed by atoms with Gasteiger partial charge in [-0.3, -0.25) is 9.36 Å². The van der Waals surface area contributed by atoms with Gasteiger partial charge in [-0.2, -0.15) is 5.26 Å². The second kappa shape index (κ2) is 13.3. The molecule has 0 fully saturated rings. The summed E-state index contributed by atoms with van der Waals surface area (Å²) in [7, 11) is 0. The molecule has 0 unspecified atom stereocenters. The summed E-state index contributed by atoms with van der Waals surface area (Å²) in [6.45, 7) is 7.99. The predicted octanol–water partition coefficient (Wildman–Crippen LogP) is 5.69. The molecule has 0 radical (unpaired) electrons. The first-order chi connectivity index (χ1) is 21.2. The van der Waals surface area contributed by atoms with Crippen molar-refractivity contribution in [2.75, 3.05) is 6.61 Å². The third-order valence-electron chi connectivity index (χ3n) is 6.83. The van der Waals surface area contributed by atoms with Gasteiger partial charge in [-0.25, -0.2) is 9.79 Å². The van der Waals surface area contributed by atoms with E-state index in [9.17, 15) is 9.59 Å². The first-order valence-electron chi connectivity index (χ1n) is 14.1. The molecule has 0 spiro atoms. The smallest absolute Gasteiger partial charge is 0.338 e. The van der Waals surface area contributed by atoms with Crippen molar-refractivity contribution in [2.45, 2.75) is 46.4 Å². The second-order valence-corrected chi connectivity index (χ2v) is 11.8. The van der Waals surface area contributed by atoms with E-state index in [2.05, 4.69) is 11.1 Å². The van der Waals surface area contributed by atoms with Crippen LogP contribution in [-0.2, 0) is 16.1 Å². The van der Waals surface area contributed by atoms with Crippen LogP contribution in [0.2, 0.25) is 5.02 Å². The molecule has 0 amide bonds. The molecule has 2 heterocycles. The molecule has 1 aromatic heterocycles. The molecular formula is C34H30ClN3O5S. The Morgan fingerprint density at radius 3 is 2.50 bits per heavy atom. The molecule has 0 bridgehead atoms. The highest BCUT2D eigenvalue weighted by Crippen LogP contribution is 2.32. The summed E-state index contributed by atoms with van der Waals surface area (Å²) in [5, 5.41) is 9.55. The van der Waals surface area contributed by atoms with E-state index in [-0.39, 0.29) is 18.3 Å². The first-order valence-corrected chi connectivity index (χ1v) is 15.3. The van der Waals surface area contributed by atoms with E-state index in [0.29, 0.717) is 54.9 Å². The average Bonchev–Trinajstić information content (AvgIpc) is 3.30. The van der Waals surface area contributed by atoms with Crippen LogP contribution in [-0.4, -0.2) is 23.2 Å². The van der Waals surface area contributed by atoms with Crippen molar-refractivity contribution in [3.63, 3.8) is 0 Å². The normalized spacial score (nSPS) is 14.6. The Morgan fingerprint density at radius 1 is 1.11 bits per heavy atom. The highest BCUT2D eigenvalue weighted by atomic mass is 35.5. The highest BCUT2D eigenvalue weighted by molar-refractivity contribution is 7.07. The lowest BCUT2D eigenvalue weighted by atomic mass is 9.96. The summed E-state index contributed by atoms with van der Waals surface area (Å²) in [5.74, 6) is 0.693. The molecule has 4 aromatic rings. The molecule has 10 heteroatoms. The summed E-state index contributed by atoms with van der Waals surface area (Å²) >= 11 is 7.57. The maximum absolute atomic E-state index is 14.1. The lowest BCUT2D eigenvalue weighted by Gasteiger charge is -2.25. The minimum absolute atomic E-state index is 0.258. The Bertz CT molecular complexity index is 1950. The summed E-state index contributed by atoms with van der Waals surface area (Å²) in [6, 6.07) is 21.0. The zero-order chi connectivity index (χ0) is 31.4. The van der Waals surface area contributed by atoms with Crippen molar-refractivity contribution in [1.29, 1.82) is 5.26 Å². The fourth-order valence-electron chi connectivity index (χ4n) is 4.83. The number of halogens is 1. The fourth-order valence-corrected chi connectivity index (χ4v) is 6.05. The van der Waals surface area contributed by atoms with Crippen LogP contribution in [0.1, 0.15) is 56.0 Å². The number of benzene rings is 3. The minimum Gasteiger partial charge on any atom is -0.494 e. The molecule has 0 N–H and O–H groups in total. The van der Waals surface area contributed by atoms with Gasteiger partial charge in [0.05, 0.1) is 46.2 Å². The van der Waals surface area contributed by atoms with E-state index >= 15 is 0 Å². The molecule has 0 aliphatic carbocycles. The van der Waals surface area contributed by atoms with Crippen LogP contribution in [0.4, 0.5) is 0 Å². The molecule has 3 aromatic carbocycles. The molecule has 1 aliphatic heterocycles. The number of nitrogens with zero attached hydrogens (tertiary/aromatic N) is 3. The van der Waals surface area contributed by atoms with Crippen molar-refractivity contribution in [1.82, 2.24) is 4.57 Å². The van der Waals surface area contributed by atoms with E-state index in [4.69, 9.17) is 31.1 Å².